The van der Waals surface area contributed by atoms with Gasteiger partial charge in [0.25, 0.3) is 0 Å². The second-order valence-corrected chi connectivity index (χ2v) is 5.29. The lowest BCUT2D eigenvalue weighted by Crippen LogP contribution is -2.40. The van der Waals surface area contributed by atoms with Gasteiger partial charge in [0.15, 0.2) is 0 Å². The Morgan fingerprint density at radius 1 is 1.27 bits per heavy atom. The van der Waals surface area contributed by atoms with E-state index >= 15 is 0 Å². The molecular formula is C13H22N2. The number of hydrogen-bond donors (Lipinski definition) is 1. The van der Waals surface area contributed by atoms with E-state index in [-0.39, 0.29) is 11.0 Å². The summed E-state index contributed by atoms with van der Waals surface area (Å²) in [6.07, 6.45) is 3.87. The third-order valence-corrected chi connectivity index (χ3v) is 2.91. The van der Waals surface area contributed by atoms with Crippen molar-refractivity contribution in [3.63, 3.8) is 0 Å². The van der Waals surface area contributed by atoms with Crippen molar-refractivity contribution in [3.8, 4) is 0 Å². The molecule has 0 aliphatic heterocycles. The van der Waals surface area contributed by atoms with E-state index in [4.69, 9.17) is 5.73 Å². The number of aromatic nitrogens is 1. The first kappa shape index (κ1) is 12.2. The van der Waals surface area contributed by atoms with E-state index in [1.54, 1.807) is 0 Å². The Morgan fingerprint density at radius 3 is 2.33 bits per heavy atom. The van der Waals surface area contributed by atoms with E-state index in [9.17, 15) is 0 Å². The van der Waals surface area contributed by atoms with Gasteiger partial charge in [0.2, 0.25) is 0 Å². The summed E-state index contributed by atoms with van der Waals surface area (Å²) in [5, 5.41) is 0. The Bertz CT molecular complexity index is 300. The summed E-state index contributed by atoms with van der Waals surface area (Å²) in [4.78, 5) is 4.45. The molecule has 2 heteroatoms. The average Bonchev–Trinajstić information content (AvgIpc) is 2.16. The molecule has 0 spiro atoms. The zero-order valence-corrected chi connectivity index (χ0v) is 10.2. The first-order valence-corrected chi connectivity index (χ1v) is 5.58. The summed E-state index contributed by atoms with van der Waals surface area (Å²) in [5.41, 5.74) is 7.18. The smallest absolute Gasteiger partial charge is 0.0463 e. The van der Waals surface area contributed by atoms with Crippen molar-refractivity contribution in [2.24, 2.45) is 5.73 Å². The molecule has 2 nitrogen and oxygen atoms in total. The summed E-state index contributed by atoms with van der Waals surface area (Å²) in [7, 11) is 0. The summed E-state index contributed by atoms with van der Waals surface area (Å²) < 4.78 is 0. The lowest BCUT2D eigenvalue weighted by Gasteiger charge is -2.34. The van der Waals surface area contributed by atoms with Crippen LogP contribution in [-0.2, 0) is 5.41 Å². The van der Waals surface area contributed by atoms with Crippen molar-refractivity contribution in [3.05, 3.63) is 30.1 Å². The molecule has 1 heterocycles. The number of hydrogen-bond acceptors (Lipinski definition) is 2. The summed E-state index contributed by atoms with van der Waals surface area (Å²) in [6, 6.07) is 6.09. The van der Waals surface area contributed by atoms with Crippen LogP contribution in [-0.4, -0.2) is 10.5 Å². The molecule has 1 atom stereocenters. The maximum atomic E-state index is 6.11. The van der Waals surface area contributed by atoms with Gasteiger partial charge in [-0.3, -0.25) is 4.98 Å². The molecule has 0 saturated heterocycles. The van der Waals surface area contributed by atoms with Crippen molar-refractivity contribution in [2.75, 3.05) is 0 Å². The fourth-order valence-corrected chi connectivity index (χ4v) is 2.12. The maximum Gasteiger partial charge on any atom is 0.0463 e. The fourth-order valence-electron chi connectivity index (χ4n) is 2.12. The van der Waals surface area contributed by atoms with Gasteiger partial charge in [-0.15, -0.1) is 0 Å². The van der Waals surface area contributed by atoms with Gasteiger partial charge in [0.1, 0.15) is 0 Å². The van der Waals surface area contributed by atoms with Crippen molar-refractivity contribution in [1.82, 2.24) is 4.98 Å². The van der Waals surface area contributed by atoms with E-state index < -0.39 is 0 Å². The Hall–Kier alpha value is -0.890. The molecule has 0 aliphatic rings. The highest BCUT2D eigenvalue weighted by Crippen LogP contribution is 2.33. The van der Waals surface area contributed by atoms with E-state index in [2.05, 4.69) is 38.7 Å². The normalized spacial score (nSPS) is 16.1. The van der Waals surface area contributed by atoms with Gasteiger partial charge in [0.05, 0.1) is 0 Å². The standard InChI is InChI=1S/C13H22N2/c1-5-13(4,10-12(2,3)14)11-8-6-7-9-15-11/h6-9H,5,10,14H2,1-4H3. The van der Waals surface area contributed by atoms with Gasteiger partial charge in [-0.2, -0.15) is 0 Å². The van der Waals surface area contributed by atoms with Gasteiger partial charge >= 0.3 is 0 Å². The van der Waals surface area contributed by atoms with E-state index in [0.29, 0.717) is 0 Å². The monoisotopic (exact) mass is 206 g/mol. The van der Waals surface area contributed by atoms with Crippen molar-refractivity contribution in [1.29, 1.82) is 0 Å². The average molecular weight is 206 g/mol. The Morgan fingerprint density at radius 2 is 1.93 bits per heavy atom. The molecule has 0 saturated carbocycles. The van der Waals surface area contributed by atoms with Gasteiger partial charge in [-0.25, -0.2) is 0 Å². The highest BCUT2D eigenvalue weighted by Gasteiger charge is 2.31. The zero-order valence-electron chi connectivity index (χ0n) is 10.2. The van der Waals surface area contributed by atoms with Crippen LogP contribution in [0.1, 0.15) is 46.2 Å². The van der Waals surface area contributed by atoms with Gasteiger partial charge < -0.3 is 5.73 Å². The summed E-state index contributed by atoms with van der Waals surface area (Å²) in [5.74, 6) is 0. The van der Waals surface area contributed by atoms with Gasteiger partial charge in [-0.05, 0) is 38.8 Å². The molecule has 0 aliphatic carbocycles. The molecule has 0 fully saturated rings. The van der Waals surface area contributed by atoms with Crippen LogP contribution in [0.5, 0.6) is 0 Å². The number of nitrogens with zero attached hydrogens (tertiary/aromatic N) is 1. The van der Waals surface area contributed by atoms with Crippen LogP contribution < -0.4 is 5.73 Å². The zero-order chi connectivity index (χ0) is 11.5. The van der Waals surface area contributed by atoms with E-state index in [1.807, 2.05) is 18.3 Å². The maximum absolute atomic E-state index is 6.11. The molecule has 1 rings (SSSR count). The summed E-state index contributed by atoms with van der Waals surface area (Å²) in [6.45, 7) is 8.58. The predicted molar refractivity (Wildman–Crippen MR) is 64.8 cm³/mol. The fraction of sp³-hybridized carbons (Fsp3) is 0.615. The second-order valence-electron chi connectivity index (χ2n) is 5.29. The molecule has 15 heavy (non-hydrogen) atoms. The lowest BCUT2D eigenvalue weighted by atomic mass is 9.74. The van der Waals surface area contributed by atoms with Crippen molar-refractivity contribution in [2.45, 2.75) is 51.5 Å². The molecule has 1 aromatic heterocycles. The molecule has 1 unspecified atom stereocenters. The van der Waals surface area contributed by atoms with Crippen molar-refractivity contribution < 1.29 is 0 Å². The summed E-state index contributed by atoms with van der Waals surface area (Å²) >= 11 is 0. The van der Waals surface area contributed by atoms with E-state index in [0.717, 1.165) is 18.5 Å². The Labute approximate surface area is 92.9 Å². The molecule has 0 amide bonds. The van der Waals surface area contributed by atoms with Crippen LogP contribution in [0.4, 0.5) is 0 Å². The lowest BCUT2D eigenvalue weighted by molar-refractivity contribution is 0.312. The van der Waals surface area contributed by atoms with Crippen LogP contribution in [0.2, 0.25) is 0 Å². The van der Waals surface area contributed by atoms with Gasteiger partial charge in [0, 0.05) is 22.8 Å². The Kier molecular flexibility index (Phi) is 3.50. The van der Waals surface area contributed by atoms with Crippen molar-refractivity contribution >= 4 is 0 Å². The minimum Gasteiger partial charge on any atom is -0.326 e. The topological polar surface area (TPSA) is 38.9 Å². The highest BCUT2D eigenvalue weighted by atomic mass is 14.7. The molecule has 0 radical (unpaired) electrons. The minimum absolute atomic E-state index is 0.0828. The predicted octanol–water partition coefficient (Wildman–Crippen LogP) is 2.88. The molecule has 0 bridgehead atoms. The Balaban J connectivity index is 2.96. The first-order valence-electron chi connectivity index (χ1n) is 5.58. The second kappa shape index (κ2) is 4.31. The SMILES string of the molecule is CCC(C)(CC(C)(C)N)c1ccccn1. The van der Waals surface area contributed by atoms with Crippen LogP contribution in [0.15, 0.2) is 24.4 Å². The van der Waals surface area contributed by atoms with Crippen LogP contribution in [0.3, 0.4) is 0 Å². The van der Waals surface area contributed by atoms with E-state index in [1.165, 1.54) is 0 Å². The molecule has 84 valence electrons. The first-order chi connectivity index (χ1) is 6.87. The van der Waals surface area contributed by atoms with Gasteiger partial charge in [-0.1, -0.05) is 19.9 Å². The largest absolute Gasteiger partial charge is 0.326 e. The molecule has 2 N–H and O–H groups in total. The highest BCUT2D eigenvalue weighted by molar-refractivity contribution is 5.16. The number of rotatable bonds is 4. The third kappa shape index (κ3) is 3.31. The van der Waals surface area contributed by atoms with Crippen LogP contribution in [0.25, 0.3) is 0 Å². The molecule has 1 aromatic rings. The molecule has 0 aromatic carbocycles. The quantitative estimate of drug-likeness (QED) is 0.822. The molecular weight excluding hydrogens is 184 g/mol. The van der Waals surface area contributed by atoms with Crippen LogP contribution >= 0.6 is 0 Å². The number of pyridine rings is 1. The van der Waals surface area contributed by atoms with Crippen LogP contribution in [0, 0.1) is 0 Å². The minimum atomic E-state index is -0.151. The third-order valence-electron chi connectivity index (χ3n) is 2.91. The number of nitrogens with two attached hydrogens (primary N) is 1.